The van der Waals surface area contributed by atoms with Crippen molar-refractivity contribution < 1.29 is 8.42 Å². The Hall–Kier alpha value is -0.130. The number of hydrogen-bond donors (Lipinski definition) is 1. The highest BCUT2D eigenvalue weighted by atomic mass is 32.2. The maximum Gasteiger partial charge on any atom is 0.151 e. The van der Waals surface area contributed by atoms with Gasteiger partial charge in [-0.05, 0) is 25.2 Å². The van der Waals surface area contributed by atoms with Crippen LogP contribution in [0.2, 0.25) is 0 Å². The summed E-state index contributed by atoms with van der Waals surface area (Å²) in [7, 11) is -2.78. The molecule has 0 spiro atoms. The van der Waals surface area contributed by atoms with Gasteiger partial charge in [0.15, 0.2) is 9.84 Å². The van der Waals surface area contributed by atoms with Crippen molar-refractivity contribution in [2.45, 2.75) is 58.2 Å². The quantitative estimate of drug-likeness (QED) is 0.846. The molecule has 2 saturated heterocycles. The van der Waals surface area contributed by atoms with Gasteiger partial charge < -0.3 is 5.32 Å². The van der Waals surface area contributed by atoms with Crippen molar-refractivity contribution in [2.24, 2.45) is 5.92 Å². The molecule has 3 atom stereocenters. The van der Waals surface area contributed by atoms with E-state index in [0.717, 1.165) is 25.9 Å². The Morgan fingerprint density at radius 1 is 1.37 bits per heavy atom. The van der Waals surface area contributed by atoms with E-state index in [-0.39, 0.29) is 6.04 Å². The van der Waals surface area contributed by atoms with Crippen LogP contribution in [0, 0.1) is 5.92 Å². The topological polar surface area (TPSA) is 49.4 Å². The summed E-state index contributed by atoms with van der Waals surface area (Å²) < 4.78 is 23.4. The van der Waals surface area contributed by atoms with Crippen LogP contribution < -0.4 is 5.32 Å². The molecule has 0 aromatic rings. The third kappa shape index (κ3) is 3.92. The Bertz CT molecular complexity index is 394. The minimum absolute atomic E-state index is 0.256. The number of nitrogens with zero attached hydrogens (tertiary/aromatic N) is 1. The van der Waals surface area contributed by atoms with Gasteiger partial charge in [0.25, 0.3) is 0 Å². The predicted molar refractivity (Wildman–Crippen MR) is 79.1 cm³/mol. The molecule has 2 aliphatic heterocycles. The van der Waals surface area contributed by atoms with Crippen LogP contribution >= 0.6 is 0 Å². The van der Waals surface area contributed by atoms with Gasteiger partial charge in [-0.25, -0.2) is 8.42 Å². The maximum atomic E-state index is 11.7. The van der Waals surface area contributed by atoms with Crippen LogP contribution in [0.3, 0.4) is 0 Å². The average Bonchev–Trinajstić information content (AvgIpc) is 2.69. The fourth-order valence-electron chi connectivity index (χ4n) is 3.48. The molecule has 0 aromatic carbocycles. The monoisotopic (exact) mass is 288 g/mol. The lowest BCUT2D eigenvalue weighted by Crippen LogP contribution is -2.59. The second-order valence-corrected chi connectivity index (χ2v) is 8.78. The highest BCUT2D eigenvalue weighted by Crippen LogP contribution is 2.24. The summed E-state index contributed by atoms with van der Waals surface area (Å²) >= 11 is 0. The van der Waals surface area contributed by atoms with Crippen LogP contribution in [0.15, 0.2) is 0 Å². The largest absolute Gasteiger partial charge is 0.311 e. The summed E-state index contributed by atoms with van der Waals surface area (Å²) in [5, 5.41) is 3.63. The van der Waals surface area contributed by atoms with Crippen LogP contribution in [0.25, 0.3) is 0 Å². The third-order valence-corrected chi connectivity index (χ3v) is 6.20. The first kappa shape index (κ1) is 15.3. The van der Waals surface area contributed by atoms with Crippen LogP contribution in [0.5, 0.6) is 0 Å². The Morgan fingerprint density at radius 2 is 2.11 bits per heavy atom. The molecule has 0 aliphatic carbocycles. The number of sulfone groups is 1. The van der Waals surface area contributed by atoms with E-state index in [1.54, 1.807) is 0 Å². The van der Waals surface area contributed by atoms with Gasteiger partial charge in [-0.3, -0.25) is 4.90 Å². The molecule has 0 radical (unpaired) electrons. The van der Waals surface area contributed by atoms with E-state index in [0.29, 0.717) is 29.5 Å². The second-order valence-electron chi connectivity index (χ2n) is 6.55. The van der Waals surface area contributed by atoms with E-state index < -0.39 is 9.84 Å². The Balaban J connectivity index is 2.02. The van der Waals surface area contributed by atoms with E-state index >= 15 is 0 Å². The Kier molecular flexibility index (Phi) is 4.90. The van der Waals surface area contributed by atoms with Crippen LogP contribution in [-0.4, -0.2) is 56.0 Å². The lowest BCUT2D eigenvalue weighted by Gasteiger charge is -2.43. The van der Waals surface area contributed by atoms with Gasteiger partial charge in [-0.2, -0.15) is 0 Å². The zero-order valence-electron chi connectivity index (χ0n) is 12.4. The molecule has 0 aromatic heterocycles. The molecule has 3 unspecified atom stereocenters. The first-order valence-corrected chi connectivity index (χ1v) is 9.43. The summed E-state index contributed by atoms with van der Waals surface area (Å²) in [5.74, 6) is 1.44. The summed E-state index contributed by atoms with van der Waals surface area (Å²) in [5.41, 5.74) is 0. The lowest BCUT2D eigenvalue weighted by atomic mass is 9.97. The van der Waals surface area contributed by atoms with Gasteiger partial charge in [0, 0.05) is 31.2 Å². The van der Waals surface area contributed by atoms with Crippen LogP contribution in [-0.2, 0) is 9.84 Å². The zero-order valence-corrected chi connectivity index (χ0v) is 13.2. The van der Waals surface area contributed by atoms with Gasteiger partial charge in [0.1, 0.15) is 0 Å². The number of piperazine rings is 1. The third-order valence-electron chi connectivity index (χ3n) is 4.45. The van der Waals surface area contributed by atoms with Crippen molar-refractivity contribution in [1.82, 2.24) is 10.2 Å². The lowest BCUT2D eigenvalue weighted by molar-refractivity contribution is 0.0832. The second kappa shape index (κ2) is 6.10. The molecule has 2 aliphatic rings. The summed E-state index contributed by atoms with van der Waals surface area (Å²) in [4.78, 5) is 2.48. The smallest absolute Gasteiger partial charge is 0.151 e. The van der Waals surface area contributed by atoms with Gasteiger partial charge in [0.05, 0.1) is 11.5 Å². The van der Waals surface area contributed by atoms with Gasteiger partial charge in [-0.1, -0.05) is 20.8 Å². The van der Waals surface area contributed by atoms with E-state index in [1.165, 1.54) is 6.42 Å². The minimum atomic E-state index is -2.78. The first-order chi connectivity index (χ1) is 8.91. The molecule has 2 fully saturated rings. The van der Waals surface area contributed by atoms with Gasteiger partial charge in [0.2, 0.25) is 0 Å². The van der Waals surface area contributed by atoms with Crippen molar-refractivity contribution >= 4 is 9.84 Å². The maximum absolute atomic E-state index is 11.7. The minimum Gasteiger partial charge on any atom is -0.311 e. The highest BCUT2D eigenvalue weighted by molar-refractivity contribution is 7.91. The fourth-order valence-corrected chi connectivity index (χ4v) is 5.22. The van der Waals surface area contributed by atoms with Crippen molar-refractivity contribution in [3.63, 3.8) is 0 Å². The molecule has 19 heavy (non-hydrogen) atoms. The first-order valence-electron chi connectivity index (χ1n) is 7.61. The Morgan fingerprint density at radius 3 is 2.63 bits per heavy atom. The highest BCUT2D eigenvalue weighted by Gasteiger charge is 2.38. The molecular formula is C14H28N2O2S. The zero-order chi connectivity index (χ0) is 14.0. The van der Waals surface area contributed by atoms with Gasteiger partial charge in [-0.15, -0.1) is 0 Å². The number of hydrogen-bond acceptors (Lipinski definition) is 4. The van der Waals surface area contributed by atoms with Crippen LogP contribution in [0.4, 0.5) is 0 Å². The fraction of sp³-hybridized carbons (Fsp3) is 1.00. The molecule has 0 saturated carbocycles. The average molecular weight is 288 g/mol. The normalized spacial score (nSPS) is 35.9. The summed E-state index contributed by atoms with van der Waals surface area (Å²) in [6, 6.07) is 1.28. The molecule has 0 bridgehead atoms. The van der Waals surface area contributed by atoms with E-state index in [9.17, 15) is 8.42 Å². The van der Waals surface area contributed by atoms with E-state index in [1.807, 2.05) is 0 Å². The predicted octanol–water partition coefficient (Wildman–Crippen LogP) is 1.27. The number of rotatable bonds is 4. The van der Waals surface area contributed by atoms with Crippen molar-refractivity contribution in [3.05, 3.63) is 0 Å². The van der Waals surface area contributed by atoms with Gasteiger partial charge >= 0.3 is 0 Å². The van der Waals surface area contributed by atoms with Crippen molar-refractivity contribution in [3.8, 4) is 0 Å². The molecule has 4 nitrogen and oxygen atoms in total. The van der Waals surface area contributed by atoms with Crippen molar-refractivity contribution in [1.29, 1.82) is 0 Å². The number of nitrogens with one attached hydrogen (secondary N) is 1. The molecule has 2 rings (SSSR count). The summed E-state index contributed by atoms with van der Waals surface area (Å²) in [6.45, 7) is 8.71. The molecule has 112 valence electrons. The SMILES string of the molecule is CCC1CNC(CC(C)C)CN1C1CCS(=O)(=O)C1. The van der Waals surface area contributed by atoms with Crippen molar-refractivity contribution in [2.75, 3.05) is 24.6 Å². The van der Waals surface area contributed by atoms with E-state index in [4.69, 9.17) is 0 Å². The molecule has 2 heterocycles. The van der Waals surface area contributed by atoms with E-state index in [2.05, 4.69) is 31.0 Å². The molecular weight excluding hydrogens is 260 g/mol. The Labute approximate surface area is 117 Å². The van der Waals surface area contributed by atoms with Crippen LogP contribution in [0.1, 0.15) is 40.0 Å². The summed E-state index contributed by atoms with van der Waals surface area (Å²) in [6.07, 6.45) is 3.09. The molecule has 5 heteroatoms. The molecule has 1 N–H and O–H groups in total. The molecule has 0 amide bonds. The standard InChI is InChI=1S/C14H28N2O2S/c1-4-13-8-15-12(7-11(2)3)9-16(13)14-5-6-19(17,18)10-14/h11-15H,4-10H2,1-3H3.